The summed E-state index contributed by atoms with van der Waals surface area (Å²) in [6.07, 6.45) is 6.61. The van der Waals surface area contributed by atoms with Crippen LogP contribution in [0.2, 0.25) is 0 Å². The highest BCUT2D eigenvalue weighted by Crippen LogP contribution is 2.24. The van der Waals surface area contributed by atoms with Gasteiger partial charge < -0.3 is 4.90 Å². The Hall–Kier alpha value is 0.240. The maximum atomic E-state index is 5.35. The smallest absolute Gasteiger partial charge is 0.136 e. The number of nitrogens with zero attached hydrogens (tertiary/aromatic N) is 1. The lowest BCUT2D eigenvalue weighted by molar-refractivity contribution is 0.308. The zero-order valence-electron chi connectivity index (χ0n) is 9.29. The third-order valence-corrected chi connectivity index (χ3v) is 4.30. The highest BCUT2D eigenvalue weighted by molar-refractivity contribution is 8.23. The van der Waals surface area contributed by atoms with Crippen molar-refractivity contribution in [3.05, 3.63) is 0 Å². The molecule has 0 saturated carbocycles. The summed E-state index contributed by atoms with van der Waals surface area (Å²) in [5.41, 5.74) is 0. The maximum absolute atomic E-state index is 5.35. The van der Waals surface area contributed by atoms with Crippen molar-refractivity contribution < 1.29 is 0 Å². The summed E-state index contributed by atoms with van der Waals surface area (Å²) in [5.74, 6) is 1.20. The molecule has 1 heterocycles. The molecule has 1 nitrogen and oxygen atoms in total. The molecule has 1 fully saturated rings. The van der Waals surface area contributed by atoms with Crippen LogP contribution >= 0.6 is 24.0 Å². The van der Waals surface area contributed by atoms with Crippen LogP contribution in [-0.4, -0.2) is 27.6 Å². The van der Waals surface area contributed by atoms with Crippen LogP contribution in [0.1, 0.15) is 46.0 Å². The minimum absolute atomic E-state index is 0.712. The van der Waals surface area contributed by atoms with Crippen molar-refractivity contribution in [1.82, 2.24) is 4.90 Å². The van der Waals surface area contributed by atoms with Crippen molar-refractivity contribution in [3.8, 4) is 0 Å². The van der Waals surface area contributed by atoms with Crippen molar-refractivity contribution >= 4 is 28.3 Å². The van der Waals surface area contributed by atoms with Crippen LogP contribution in [0.3, 0.4) is 0 Å². The molecule has 3 heteroatoms. The van der Waals surface area contributed by atoms with E-state index in [1.54, 1.807) is 0 Å². The Morgan fingerprint density at radius 1 is 1.43 bits per heavy atom. The second-order valence-electron chi connectivity index (χ2n) is 3.87. The number of thioether (sulfide) groups is 1. The lowest BCUT2D eigenvalue weighted by atomic mass is 10.1. The van der Waals surface area contributed by atoms with Crippen LogP contribution in [0.25, 0.3) is 0 Å². The van der Waals surface area contributed by atoms with Gasteiger partial charge >= 0.3 is 0 Å². The molecule has 0 bridgehead atoms. The van der Waals surface area contributed by atoms with Crippen molar-refractivity contribution in [2.24, 2.45) is 0 Å². The van der Waals surface area contributed by atoms with E-state index in [0.29, 0.717) is 6.04 Å². The van der Waals surface area contributed by atoms with Gasteiger partial charge in [-0.1, -0.05) is 57.1 Å². The van der Waals surface area contributed by atoms with E-state index in [-0.39, 0.29) is 0 Å². The first-order valence-electron chi connectivity index (χ1n) is 5.73. The Bertz CT molecular complexity index is 182. The quantitative estimate of drug-likeness (QED) is 0.507. The van der Waals surface area contributed by atoms with Gasteiger partial charge in [-0.15, -0.1) is 0 Å². The van der Waals surface area contributed by atoms with E-state index in [1.807, 2.05) is 11.8 Å². The highest BCUT2D eigenvalue weighted by Gasteiger charge is 2.23. The first kappa shape index (κ1) is 12.3. The first-order chi connectivity index (χ1) is 6.79. The van der Waals surface area contributed by atoms with E-state index in [1.165, 1.54) is 44.4 Å². The van der Waals surface area contributed by atoms with Crippen LogP contribution in [0.4, 0.5) is 0 Å². The molecule has 0 amide bonds. The van der Waals surface area contributed by atoms with E-state index in [2.05, 4.69) is 18.7 Å². The van der Waals surface area contributed by atoms with Crippen LogP contribution in [0.15, 0.2) is 0 Å². The fourth-order valence-corrected chi connectivity index (χ4v) is 3.31. The molecule has 0 aromatic rings. The first-order valence-corrected chi connectivity index (χ1v) is 7.12. The monoisotopic (exact) mass is 231 g/mol. The van der Waals surface area contributed by atoms with Gasteiger partial charge in [0.05, 0.1) is 0 Å². The minimum Gasteiger partial charge on any atom is -0.354 e. The molecule has 1 atom stereocenters. The maximum Gasteiger partial charge on any atom is 0.136 e. The molecule has 1 unspecified atom stereocenters. The van der Waals surface area contributed by atoms with E-state index in [0.717, 1.165) is 4.32 Å². The average molecular weight is 231 g/mol. The molecule has 1 rings (SSSR count). The topological polar surface area (TPSA) is 3.24 Å². The third kappa shape index (κ3) is 3.43. The number of thiocarbonyl (C=S) groups is 1. The van der Waals surface area contributed by atoms with E-state index in [9.17, 15) is 0 Å². The summed E-state index contributed by atoms with van der Waals surface area (Å²) in [6, 6.07) is 0.712. The summed E-state index contributed by atoms with van der Waals surface area (Å²) in [7, 11) is 0. The summed E-state index contributed by atoms with van der Waals surface area (Å²) in [4.78, 5) is 2.44. The SMILES string of the molecule is CCCCCC(CC)N1CCSC1=S. The number of unbranched alkanes of at least 4 members (excludes halogenated alkanes) is 2. The summed E-state index contributed by atoms with van der Waals surface area (Å²) < 4.78 is 1.13. The molecule has 1 saturated heterocycles. The second kappa shape index (κ2) is 6.67. The largest absolute Gasteiger partial charge is 0.354 e. The molecule has 0 aromatic heterocycles. The molecule has 0 spiro atoms. The van der Waals surface area contributed by atoms with Crippen LogP contribution in [0.5, 0.6) is 0 Å². The molecule has 14 heavy (non-hydrogen) atoms. The Labute approximate surface area is 97.6 Å². The lowest BCUT2D eigenvalue weighted by Gasteiger charge is -2.27. The Balaban J connectivity index is 2.32. The standard InChI is InChI=1S/C11H21NS2/c1-3-5-6-7-10(4-2)12-8-9-14-11(12)13/h10H,3-9H2,1-2H3. The van der Waals surface area contributed by atoms with Gasteiger partial charge in [0.2, 0.25) is 0 Å². The number of hydrogen-bond donors (Lipinski definition) is 0. The van der Waals surface area contributed by atoms with Gasteiger partial charge in [0.1, 0.15) is 4.32 Å². The predicted molar refractivity (Wildman–Crippen MR) is 70.0 cm³/mol. The molecule has 0 radical (unpaired) electrons. The predicted octanol–water partition coefficient (Wildman–Crippen LogP) is 3.68. The molecule has 0 aliphatic carbocycles. The van der Waals surface area contributed by atoms with Gasteiger partial charge in [-0.3, -0.25) is 0 Å². The average Bonchev–Trinajstić information content (AvgIpc) is 2.60. The molecule has 82 valence electrons. The van der Waals surface area contributed by atoms with Crippen LogP contribution < -0.4 is 0 Å². The Morgan fingerprint density at radius 3 is 2.71 bits per heavy atom. The summed E-state index contributed by atoms with van der Waals surface area (Å²) in [6.45, 7) is 5.72. The van der Waals surface area contributed by atoms with Crippen LogP contribution in [-0.2, 0) is 0 Å². The van der Waals surface area contributed by atoms with Crippen LogP contribution in [0, 0.1) is 0 Å². The fourth-order valence-electron chi connectivity index (χ4n) is 1.95. The van der Waals surface area contributed by atoms with Gasteiger partial charge in [-0.25, -0.2) is 0 Å². The van der Waals surface area contributed by atoms with Crippen molar-refractivity contribution in [2.45, 2.75) is 52.0 Å². The minimum atomic E-state index is 0.712. The summed E-state index contributed by atoms with van der Waals surface area (Å²) >= 11 is 7.20. The molecule has 0 N–H and O–H groups in total. The van der Waals surface area contributed by atoms with E-state index >= 15 is 0 Å². The highest BCUT2D eigenvalue weighted by atomic mass is 32.2. The Morgan fingerprint density at radius 2 is 2.21 bits per heavy atom. The van der Waals surface area contributed by atoms with Crippen molar-refractivity contribution in [3.63, 3.8) is 0 Å². The fraction of sp³-hybridized carbons (Fsp3) is 0.909. The zero-order valence-corrected chi connectivity index (χ0v) is 10.9. The number of rotatable bonds is 6. The molecule has 1 aliphatic rings. The molecule has 0 aromatic carbocycles. The van der Waals surface area contributed by atoms with Crippen molar-refractivity contribution in [1.29, 1.82) is 0 Å². The zero-order chi connectivity index (χ0) is 10.4. The second-order valence-corrected chi connectivity index (χ2v) is 5.59. The van der Waals surface area contributed by atoms with Crippen molar-refractivity contribution in [2.75, 3.05) is 12.3 Å². The van der Waals surface area contributed by atoms with Gasteiger partial charge in [0, 0.05) is 18.3 Å². The third-order valence-electron chi connectivity index (χ3n) is 2.85. The summed E-state index contributed by atoms with van der Waals surface area (Å²) in [5, 5.41) is 0. The van der Waals surface area contributed by atoms with E-state index < -0.39 is 0 Å². The Kier molecular flexibility index (Phi) is 5.87. The molecular weight excluding hydrogens is 210 g/mol. The molecule has 1 aliphatic heterocycles. The molecular formula is C11H21NS2. The van der Waals surface area contributed by atoms with Gasteiger partial charge in [-0.2, -0.15) is 0 Å². The lowest BCUT2D eigenvalue weighted by Crippen LogP contribution is -2.34. The van der Waals surface area contributed by atoms with Gasteiger partial charge in [0.15, 0.2) is 0 Å². The van der Waals surface area contributed by atoms with Gasteiger partial charge in [0.25, 0.3) is 0 Å². The van der Waals surface area contributed by atoms with E-state index in [4.69, 9.17) is 12.2 Å². The number of hydrogen-bond acceptors (Lipinski definition) is 2. The van der Waals surface area contributed by atoms with Gasteiger partial charge in [-0.05, 0) is 12.8 Å². The normalized spacial score (nSPS) is 19.0.